The summed E-state index contributed by atoms with van der Waals surface area (Å²) in [5.74, 6) is -0.297. The van der Waals surface area contributed by atoms with Crippen molar-refractivity contribution < 1.29 is 14.6 Å². The van der Waals surface area contributed by atoms with Gasteiger partial charge in [-0.25, -0.2) is 0 Å². The van der Waals surface area contributed by atoms with Crippen LogP contribution in [-0.2, 0) is 9.53 Å². The average molecular weight is 364 g/mol. The number of aryl methyl sites for hydroxylation is 3. The second-order valence-corrected chi connectivity index (χ2v) is 6.88. The van der Waals surface area contributed by atoms with Crippen LogP contribution in [0.5, 0.6) is 5.88 Å². The lowest BCUT2D eigenvalue weighted by molar-refractivity contribution is -0.138. The molecular formula is C22H24N2O3. The van der Waals surface area contributed by atoms with Gasteiger partial charge in [0, 0.05) is 16.8 Å². The van der Waals surface area contributed by atoms with E-state index in [1.807, 2.05) is 55.7 Å². The first-order valence-electron chi connectivity index (χ1n) is 8.82. The Labute approximate surface area is 158 Å². The summed E-state index contributed by atoms with van der Waals surface area (Å²) in [5.41, 5.74) is 6.37. The maximum Gasteiger partial charge on any atom is 0.327 e. The van der Waals surface area contributed by atoms with E-state index in [0.717, 1.165) is 33.3 Å². The van der Waals surface area contributed by atoms with E-state index < -0.39 is 5.97 Å². The smallest absolute Gasteiger partial charge is 0.327 e. The summed E-state index contributed by atoms with van der Waals surface area (Å²) in [6, 6.07) is 12.2. The first kappa shape index (κ1) is 18.7. The van der Waals surface area contributed by atoms with Gasteiger partial charge in [0.2, 0.25) is 5.88 Å². The SMILES string of the molecule is COC(=O)CN=C(C)c1c(O)n(-c2cc(C)cc(C)c2)c2cc(C)ccc12. The molecule has 3 aromatic rings. The predicted molar refractivity (Wildman–Crippen MR) is 108 cm³/mol. The molecule has 0 radical (unpaired) electrons. The molecule has 0 fully saturated rings. The highest BCUT2D eigenvalue weighted by Gasteiger charge is 2.20. The topological polar surface area (TPSA) is 63.8 Å². The summed E-state index contributed by atoms with van der Waals surface area (Å²) in [6.07, 6.45) is 0. The summed E-state index contributed by atoms with van der Waals surface area (Å²) in [4.78, 5) is 15.8. The van der Waals surface area contributed by atoms with Gasteiger partial charge in [0.1, 0.15) is 6.54 Å². The number of rotatable bonds is 4. The van der Waals surface area contributed by atoms with Crippen LogP contribution in [0.4, 0.5) is 0 Å². The molecule has 0 aliphatic rings. The fraction of sp³-hybridized carbons (Fsp3) is 0.273. The predicted octanol–water partition coefficient (Wildman–Crippen LogP) is 4.24. The third-order valence-corrected chi connectivity index (χ3v) is 4.60. The van der Waals surface area contributed by atoms with Crippen LogP contribution in [0.15, 0.2) is 41.4 Å². The van der Waals surface area contributed by atoms with Gasteiger partial charge in [0.15, 0.2) is 0 Å². The number of carbonyl (C=O) groups is 1. The molecule has 5 heteroatoms. The summed E-state index contributed by atoms with van der Waals surface area (Å²) in [6.45, 7) is 7.81. The van der Waals surface area contributed by atoms with Crippen LogP contribution in [0.25, 0.3) is 16.6 Å². The summed E-state index contributed by atoms with van der Waals surface area (Å²) < 4.78 is 6.50. The molecule has 0 saturated carbocycles. The Morgan fingerprint density at radius 3 is 2.37 bits per heavy atom. The molecule has 140 valence electrons. The van der Waals surface area contributed by atoms with E-state index in [0.29, 0.717) is 11.3 Å². The van der Waals surface area contributed by atoms with Gasteiger partial charge >= 0.3 is 5.97 Å². The first-order chi connectivity index (χ1) is 12.8. The third kappa shape index (κ3) is 3.58. The zero-order valence-electron chi connectivity index (χ0n) is 16.3. The van der Waals surface area contributed by atoms with Crippen LogP contribution in [0, 0.1) is 20.8 Å². The van der Waals surface area contributed by atoms with Gasteiger partial charge in [-0.05, 0) is 62.6 Å². The fourth-order valence-corrected chi connectivity index (χ4v) is 3.41. The van der Waals surface area contributed by atoms with E-state index in [1.165, 1.54) is 7.11 Å². The van der Waals surface area contributed by atoms with Gasteiger partial charge in [-0.3, -0.25) is 14.4 Å². The summed E-state index contributed by atoms with van der Waals surface area (Å²) in [7, 11) is 1.33. The highest BCUT2D eigenvalue weighted by atomic mass is 16.5. The maximum atomic E-state index is 11.4. The minimum atomic E-state index is -0.414. The highest BCUT2D eigenvalue weighted by Crippen LogP contribution is 2.36. The van der Waals surface area contributed by atoms with Crippen LogP contribution in [-0.4, -0.2) is 35.0 Å². The number of aromatic hydroxyl groups is 1. The van der Waals surface area contributed by atoms with E-state index in [1.54, 1.807) is 6.92 Å². The highest BCUT2D eigenvalue weighted by molar-refractivity contribution is 6.13. The lowest BCUT2D eigenvalue weighted by Crippen LogP contribution is -2.07. The van der Waals surface area contributed by atoms with Crippen LogP contribution in [0.2, 0.25) is 0 Å². The Hall–Kier alpha value is -3.08. The molecule has 0 spiro atoms. The first-order valence-corrected chi connectivity index (χ1v) is 8.82. The number of esters is 1. The molecule has 1 aromatic heterocycles. The van der Waals surface area contributed by atoms with Crippen LogP contribution >= 0.6 is 0 Å². The lowest BCUT2D eigenvalue weighted by atomic mass is 10.1. The average Bonchev–Trinajstić information content (AvgIpc) is 2.89. The Morgan fingerprint density at radius 2 is 1.74 bits per heavy atom. The standard InChI is InChI=1S/C22H24N2O3/c1-13-6-7-18-19(11-13)24(17-9-14(2)8-15(3)10-17)22(26)21(18)16(4)23-12-20(25)27-5/h6-11,26H,12H2,1-5H3. The Bertz CT molecular complexity index is 1040. The van der Waals surface area contributed by atoms with Crippen molar-refractivity contribution in [1.82, 2.24) is 4.57 Å². The number of nitrogens with zero attached hydrogens (tertiary/aromatic N) is 2. The van der Waals surface area contributed by atoms with E-state index in [2.05, 4.69) is 15.8 Å². The van der Waals surface area contributed by atoms with Crippen molar-refractivity contribution in [2.45, 2.75) is 27.7 Å². The number of fused-ring (bicyclic) bond motifs is 1. The molecule has 1 N–H and O–H groups in total. The zero-order chi connectivity index (χ0) is 19.7. The third-order valence-electron chi connectivity index (χ3n) is 4.60. The van der Waals surface area contributed by atoms with Crippen LogP contribution in [0.1, 0.15) is 29.2 Å². The normalized spacial score (nSPS) is 11.8. The molecule has 0 unspecified atom stereocenters. The second-order valence-electron chi connectivity index (χ2n) is 6.88. The monoisotopic (exact) mass is 364 g/mol. The largest absolute Gasteiger partial charge is 0.494 e. The van der Waals surface area contributed by atoms with Crippen molar-refractivity contribution in [3.63, 3.8) is 0 Å². The quantitative estimate of drug-likeness (QED) is 0.556. The van der Waals surface area contributed by atoms with Crippen LogP contribution < -0.4 is 0 Å². The van der Waals surface area contributed by atoms with Crippen LogP contribution in [0.3, 0.4) is 0 Å². The van der Waals surface area contributed by atoms with Crippen molar-refractivity contribution in [1.29, 1.82) is 0 Å². The minimum Gasteiger partial charge on any atom is -0.494 e. The van der Waals surface area contributed by atoms with Gasteiger partial charge in [0.05, 0.1) is 18.2 Å². The van der Waals surface area contributed by atoms with Crippen molar-refractivity contribution in [3.8, 4) is 11.6 Å². The molecule has 0 bridgehead atoms. The van der Waals surface area contributed by atoms with Gasteiger partial charge < -0.3 is 9.84 Å². The van der Waals surface area contributed by atoms with E-state index in [9.17, 15) is 9.90 Å². The van der Waals surface area contributed by atoms with E-state index in [-0.39, 0.29) is 12.4 Å². The number of benzene rings is 2. The second kappa shape index (κ2) is 7.27. The van der Waals surface area contributed by atoms with Crippen molar-refractivity contribution in [2.75, 3.05) is 13.7 Å². The summed E-state index contributed by atoms with van der Waals surface area (Å²) >= 11 is 0. The van der Waals surface area contributed by atoms with Gasteiger partial charge in [-0.15, -0.1) is 0 Å². The minimum absolute atomic E-state index is 0.0795. The molecule has 0 aliphatic carbocycles. The van der Waals surface area contributed by atoms with Crippen molar-refractivity contribution >= 4 is 22.6 Å². The Morgan fingerprint density at radius 1 is 1.07 bits per heavy atom. The summed E-state index contributed by atoms with van der Waals surface area (Å²) in [5, 5.41) is 12.0. The molecule has 3 rings (SSSR count). The van der Waals surface area contributed by atoms with Gasteiger partial charge in [0.25, 0.3) is 0 Å². The number of methoxy groups -OCH3 is 1. The molecule has 2 aromatic carbocycles. The van der Waals surface area contributed by atoms with Gasteiger partial charge in [-0.2, -0.15) is 0 Å². The van der Waals surface area contributed by atoms with E-state index >= 15 is 0 Å². The lowest BCUT2D eigenvalue weighted by Gasteiger charge is -2.10. The number of aliphatic imine (C=N–C) groups is 1. The molecule has 0 aliphatic heterocycles. The number of aromatic nitrogens is 1. The molecule has 27 heavy (non-hydrogen) atoms. The number of hydrogen-bond acceptors (Lipinski definition) is 4. The molecule has 1 heterocycles. The Balaban J connectivity index is 2.27. The fourth-order valence-electron chi connectivity index (χ4n) is 3.41. The number of ether oxygens (including phenoxy) is 1. The molecule has 0 saturated heterocycles. The Kier molecular flexibility index (Phi) is 5.04. The van der Waals surface area contributed by atoms with Crippen molar-refractivity contribution in [2.24, 2.45) is 4.99 Å². The van der Waals surface area contributed by atoms with E-state index in [4.69, 9.17) is 0 Å². The molecular weight excluding hydrogens is 340 g/mol. The maximum absolute atomic E-state index is 11.4. The molecule has 5 nitrogen and oxygen atoms in total. The number of hydrogen-bond donors (Lipinski definition) is 1. The van der Waals surface area contributed by atoms with Gasteiger partial charge in [-0.1, -0.05) is 18.2 Å². The van der Waals surface area contributed by atoms with Crippen molar-refractivity contribution in [3.05, 3.63) is 58.7 Å². The molecule has 0 amide bonds. The number of carbonyl (C=O) groups excluding carboxylic acids is 1. The zero-order valence-corrected chi connectivity index (χ0v) is 16.3. The molecule has 0 atom stereocenters.